The van der Waals surface area contributed by atoms with Gasteiger partial charge in [0.15, 0.2) is 0 Å². The average molecular weight is 643 g/mol. The van der Waals surface area contributed by atoms with E-state index in [4.69, 9.17) is 54.2 Å². The first-order valence-corrected chi connectivity index (χ1v) is 17.7. The summed E-state index contributed by atoms with van der Waals surface area (Å²) in [7, 11) is 0. The van der Waals surface area contributed by atoms with E-state index >= 15 is 0 Å². The molecule has 43 heavy (non-hydrogen) atoms. The Kier molecular flexibility index (Phi) is 41.9. The number of hydrogen-bond acceptors (Lipinski definition) is 9. The minimum Gasteiger partial charge on any atom is -0.379 e. The summed E-state index contributed by atoms with van der Waals surface area (Å²) in [5.41, 5.74) is 0. The molecule has 0 atom stereocenters. The van der Waals surface area contributed by atoms with Crippen LogP contribution in [0.4, 0.5) is 0 Å². The van der Waals surface area contributed by atoms with Crippen molar-refractivity contribution in [1.29, 1.82) is 0 Å². The van der Waals surface area contributed by atoms with Gasteiger partial charge in [-0.1, -0.05) is 84.0 Å². The van der Waals surface area contributed by atoms with Crippen LogP contribution in [0.1, 0.15) is 90.4 Å². The monoisotopic (exact) mass is 642 g/mol. The van der Waals surface area contributed by atoms with Gasteiger partial charge in [-0.15, -0.1) is 11.6 Å². The summed E-state index contributed by atoms with van der Waals surface area (Å²) in [6.45, 7) is 12.6. The molecule has 0 aromatic rings. The second kappa shape index (κ2) is 41.9. The van der Waals surface area contributed by atoms with Crippen molar-refractivity contribution < 1.29 is 42.6 Å². The van der Waals surface area contributed by atoms with Crippen LogP contribution in [0.5, 0.6) is 0 Å². The van der Waals surface area contributed by atoms with Crippen LogP contribution in [0.3, 0.4) is 0 Å². The summed E-state index contributed by atoms with van der Waals surface area (Å²) in [6.07, 6.45) is 17.8. The summed E-state index contributed by atoms with van der Waals surface area (Å²) in [6, 6.07) is 0. The van der Waals surface area contributed by atoms with E-state index in [-0.39, 0.29) is 0 Å². The molecule has 0 saturated heterocycles. The number of alkyl halides is 1. The van der Waals surface area contributed by atoms with E-state index in [0.29, 0.717) is 118 Å². The van der Waals surface area contributed by atoms with Crippen LogP contribution in [-0.2, 0) is 42.6 Å². The Labute approximate surface area is 269 Å². The molecule has 0 N–H and O–H groups in total. The number of unbranched alkanes of at least 4 members (excludes halogenated alkanes) is 12. The fourth-order valence-corrected chi connectivity index (χ4v) is 4.25. The molecule has 0 spiro atoms. The van der Waals surface area contributed by atoms with Crippen LogP contribution in [0.2, 0.25) is 0 Å². The minimum atomic E-state index is 0.505. The van der Waals surface area contributed by atoms with Gasteiger partial charge in [0.05, 0.1) is 112 Å². The Morgan fingerprint density at radius 1 is 0.256 bits per heavy atom. The number of rotatable bonds is 40. The SMILES string of the molecule is CCCCCCCCCCCCCCCOCCOCCOCCOCCOCCOCCOCCOCCOCCCl. The lowest BCUT2D eigenvalue weighted by molar-refractivity contribution is -0.0248. The molecule has 0 saturated carbocycles. The van der Waals surface area contributed by atoms with E-state index in [2.05, 4.69) is 6.92 Å². The van der Waals surface area contributed by atoms with Crippen LogP contribution in [0, 0.1) is 0 Å². The van der Waals surface area contributed by atoms with Gasteiger partial charge in [0.2, 0.25) is 0 Å². The molecule has 0 fully saturated rings. The molecule has 260 valence electrons. The van der Waals surface area contributed by atoms with Crippen molar-refractivity contribution in [2.24, 2.45) is 0 Å². The molecule has 0 amide bonds. The lowest BCUT2D eigenvalue weighted by Crippen LogP contribution is -2.15. The van der Waals surface area contributed by atoms with E-state index in [9.17, 15) is 0 Å². The highest BCUT2D eigenvalue weighted by atomic mass is 35.5. The highest BCUT2D eigenvalue weighted by Crippen LogP contribution is 2.12. The molecule has 0 bridgehead atoms. The minimum absolute atomic E-state index is 0.505. The first kappa shape index (κ1) is 42.9. The van der Waals surface area contributed by atoms with Crippen LogP contribution in [-0.4, -0.2) is 125 Å². The van der Waals surface area contributed by atoms with Gasteiger partial charge in [0, 0.05) is 12.5 Å². The highest BCUT2D eigenvalue weighted by molar-refractivity contribution is 6.17. The molecule has 0 aliphatic heterocycles. The Morgan fingerprint density at radius 2 is 0.465 bits per heavy atom. The van der Waals surface area contributed by atoms with Crippen molar-refractivity contribution in [2.45, 2.75) is 90.4 Å². The molecular weight excluding hydrogens is 576 g/mol. The van der Waals surface area contributed by atoms with Crippen molar-refractivity contribution in [3.8, 4) is 0 Å². The zero-order chi connectivity index (χ0) is 31.0. The summed E-state index contributed by atoms with van der Waals surface area (Å²) in [5, 5.41) is 0. The Bertz CT molecular complexity index is 438. The fourth-order valence-electron chi connectivity index (χ4n) is 4.14. The number of ether oxygens (including phenoxy) is 9. The third kappa shape index (κ3) is 41.9. The smallest absolute Gasteiger partial charge is 0.0701 e. The van der Waals surface area contributed by atoms with Gasteiger partial charge in [-0.3, -0.25) is 0 Å². The van der Waals surface area contributed by atoms with Gasteiger partial charge in [-0.25, -0.2) is 0 Å². The second-order valence-corrected chi connectivity index (χ2v) is 10.8. The van der Waals surface area contributed by atoms with Gasteiger partial charge >= 0.3 is 0 Å². The molecule has 0 aliphatic rings. The quantitative estimate of drug-likeness (QED) is 0.0552. The molecule has 0 aromatic carbocycles. The van der Waals surface area contributed by atoms with Crippen molar-refractivity contribution in [1.82, 2.24) is 0 Å². The van der Waals surface area contributed by atoms with Gasteiger partial charge < -0.3 is 42.6 Å². The van der Waals surface area contributed by atoms with Gasteiger partial charge in [0.1, 0.15) is 0 Å². The molecule has 0 heterocycles. The maximum Gasteiger partial charge on any atom is 0.0701 e. The van der Waals surface area contributed by atoms with E-state index < -0.39 is 0 Å². The molecule has 0 aromatic heterocycles. The lowest BCUT2D eigenvalue weighted by atomic mass is 10.0. The van der Waals surface area contributed by atoms with Gasteiger partial charge in [0.25, 0.3) is 0 Å². The largest absolute Gasteiger partial charge is 0.379 e. The molecule has 10 heteroatoms. The van der Waals surface area contributed by atoms with Gasteiger partial charge in [-0.05, 0) is 6.42 Å². The van der Waals surface area contributed by atoms with E-state index in [1.165, 1.54) is 77.0 Å². The van der Waals surface area contributed by atoms with Crippen LogP contribution < -0.4 is 0 Å². The summed E-state index contributed by atoms with van der Waals surface area (Å²) >= 11 is 5.51. The van der Waals surface area contributed by atoms with Crippen LogP contribution >= 0.6 is 11.6 Å². The number of hydrogen-bond donors (Lipinski definition) is 0. The van der Waals surface area contributed by atoms with E-state index in [1.807, 2.05) is 0 Å². The maximum atomic E-state index is 5.66. The van der Waals surface area contributed by atoms with Crippen LogP contribution in [0.15, 0.2) is 0 Å². The predicted octanol–water partition coefficient (Wildman–Crippen LogP) is 6.47. The summed E-state index contributed by atoms with van der Waals surface area (Å²) in [5.74, 6) is 0.505. The van der Waals surface area contributed by atoms with E-state index in [1.54, 1.807) is 0 Å². The normalized spacial score (nSPS) is 11.6. The van der Waals surface area contributed by atoms with Gasteiger partial charge in [-0.2, -0.15) is 0 Å². The zero-order valence-corrected chi connectivity index (χ0v) is 28.4. The molecule has 0 rings (SSSR count). The molecule has 9 nitrogen and oxygen atoms in total. The predicted molar refractivity (Wildman–Crippen MR) is 174 cm³/mol. The van der Waals surface area contributed by atoms with Crippen LogP contribution in [0.25, 0.3) is 0 Å². The standard InChI is InChI=1S/C33H67ClO9/c1-2-3-4-5-6-7-8-9-10-11-12-13-14-16-35-18-20-37-22-24-39-26-28-41-30-32-43-33-31-42-29-27-40-25-23-38-21-19-36-17-15-34/h2-33H2,1H3. The third-order valence-corrected chi connectivity index (χ3v) is 6.74. The van der Waals surface area contributed by atoms with E-state index in [0.717, 1.165) is 13.0 Å². The highest BCUT2D eigenvalue weighted by Gasteiger charge is 1.97. The third-order valence-electron chi connectivity index (χ3n) is 6.59. The molecule has 0 aliphatic carbocycles. The van der Waals surface area contributed by atoms with Crippen molar-refractivity contribution >= 4 is 11.6 Å². The van der Waals surface area contributed by atoms with Crippen molar-refractivity contribution in [3.63, 3.8) is 0 Å². The summed E-state index contributed by atoms with van der Waals surface area (Å²) < 4.78 is 49.2. The Morgan fingerprint density at radius 3 is 0.721 bits per heavy atom. The Balaban J connectivity index is 3.02. The zero-order valence-electron chi connectivity index (χ0n) is 27.7. The van der Waals surface area contributed by atoms with Crippen molar-refractivity contribution in [2.75, 3.05) is 125 Å². The molecular formula is C33H67ClO9. The average Bonchev–Trinajstić information content (AvgIpc) is 3.02. The molecule has 0 unspecified atom stereocenters. The second-order valence-electron chi connectivity index (χ2n) is 10.4. The first-order valence-electron chi connectivity index (χ1n) is 17.2. The molecule has 0 radical (unpaired) electrons. The van der Waals surface area contributed by atoms with Crippen molar-refractivity contribution in [3.05, 3.63) is 0 Å². The fraction of sp³-hybridized carbons (Fsp3) is 1.00. The number of halogens is 1. The maximum absolute atomic E-state index is 5.66. The first-order chi connectivity index (χ1) is 21.4. The topological polar surface area (TPSA) is 83.1 Å². The summed E-state index contributed by atoms with van der Waals surface area (Å²) in [4.78, 5) is 0. The lowest BCUT2D eigenvalue weighted by Gasteiger charge is -2.09. The Hall–Kier alpha value is -0.0700.